The number of ether oxygens (including phenoxy) is 1. The Balaban J connectivity index is 0.00000480. The first kappa shape index (κ1) is 27.0. The van der Waals surface area contributed by atoms with Gasteiger partial charge in [-0.3, -0.25) is 4.99 Å². The average molecular weight is 550 g/mol. The molecule has 0 radical (unpaired) electrons. The number of benzene rings is 2. The van der Waals surface area contributed by atoms with Gasteiger partial charge in [0.05, 0.1) is 5.56 Å². The zero-order chi connectivity index (χ0) is 22.0. The van der Waals surface area contributed by atoms with Crippen LogP contribution in [0.25, 0.3) is 0 Å². The zero-order valence-electron chi connectivity index (χ0n) is 18.0. The van der Waals surface area contributed by atoms with Crippen molar-refractivity contribution in [3.8, 4) is 5.75 Å². The second kappa shape index (κ2) is 13.4. The van der Waals surface area contributed by atoms with Gasteiger partial charge in [0.25, 0.3) is 0 Å². The van der Waals surface area contributed by atoms with Crippen LogP contribution in [0.2, 0.25) is 0 Å². The van der Waals surface area contributed by atoms with Crippen molar-refractivity contribution in [3.63, 3.8) is 0 Å². The third-order valence-electron chi connectivity index (χ3n) is 4.43. The van der Waals surface area contributed by atoms with Gasteiger partial charge in [-0.1, -0.05) is 30.3 Å². The van der Waals surface area contributed by atoms with Crippen LogP contribution in [0.4, 0.5) is 13.2 Å². The van der Waals surface area contributed by atoms with E-state index >= 15 is 0 Å². The summed E-state index contributed by atoms with van der Waals surface area (Å²) in [6, 6.07) is 13.0. The number of aliphatic imine (C=N–C) groups is 1. The van der Waals surface area contributed by atoms with E-state index in [0.29, 0.717) is 32.1 Å². The van der Waals surface area contributed by atoms with Crippen LogP contribution < -0.4 is 15.4 Å². The van der Waals surface area contributed by atoms with Crippen molar-refractivity contribution in [3.05, 3.63) is 65.2 Å². The Morgan fingerprint density at radius 3 is 2.32 bits per heavy atom. The van der Waals surface area contributed by atoms with Crippen LogP contribution in [-0.2, 0) is 19.1 Å². The van der Waals surface area contributed by atoms with Gasteiger partial charge >= 0.3 is 6.18 Å². The van der Waals surface area contributed by atoms with E-state index in [1.165, 1.54) is 12.1 Å². The van der Waals surface area contributed by atoms with E-state index in [4.69, 9.17) is 4.74 Å². The molecule has 0 amide bonds. The van der Waals surface area contributed by atoms with Crippen molar-refractivity contribution in [2.75, 3.05) is 40.8 Å². The largest absolute Gasteiger partial charge is 0.492 e. The lowest BCUT2D eigenvalue weighted by Crippen LogP contribution is -2.38. The highest BCUT2D eigenvalue weighted by Gasteiger charge is 2.29. The van der Waals surface area contributed by atoms with Gasteiger partial charge in [-0.25, -0.2) is 0 Å². The van der Waals surface area contributed by atoms with Crippen LogP contribution in [0.1, 0.15) is 16.7 Å². The lowest BCUT2D eigenvalue weighted by molar-refractivity contribution is -0.137. The fourth-order valence-electron chi connectivity index (χ4n) is 2.71. The van der Waals surface area contributed by atoms with Gasteiger partial charge in [0.1, 0.15) is 12.4 Å². The molecule has 0 fully saturated rings. The smallest absolute Gasteiger partial charge is 0.416 e. The normalized spacial score (nSPS) is 11.8. The molecule has 0 saturated heterocycles. The Bertz CT molecular complexity index is 811. The number of hydrogen-bond donors (Lipinski definition) is 2. The molecule has 172 valence electrons. The highest BCUT2D eigenvalue weighted by Crippen LogP contribution is 2.29. The molecule has 0 aliphatic carbocycles. The maximum absolute atomic E-state index is 12.6. The summed E-state index contributed by atoms with van der Waals surface area (Å²) in [6.45, 7) is 2.52. The molecule has 0 saturated carbocycles. The Morgan fingerprint density at radius 2 is 1.71 bits per heavy atom. The maximum Gasteiger partial charge on any atom is 0.416 e. The maximum atomic E-state index is 12.6. The predicted molar refractivity (Wildman–Crippen MR) is 129 cm³/mol. The van der Waals surface area contributed by atoms with Gasteiger partial charge in [-0.2, -0.15) is 13.2 Å². The number of likely N-dealkylation sites (N-methyl/N-ethyl adjacent to an activating group) is 1. The molecule has 0 unspecified atom stereocenters. The molecule has 5 nitrogen and oxygen atoms in total. The Kier molecular flexibility index (Phi) is 11.7. The number of alkyl halides is 3. The van der Waals surface area contributed by atoms with Gasteiger partial charge in [-0.05, 0) is 44.3 Å². The number of rotatable bonds is 9. The molecule has 2 aromatic rings. The van der Waals surface area contributed by atoms with E-state index in [-0.39, 0.29) is 24.0 Å². The van der Waals surface area contributed by atoms with Crippen molar-refractivity contribution in [2.45, 2.75) is 19.1 Å². The molecule has 9 heteroatoms. The number of halogens is 4. The van der Waals surface area contributed by atoms with E-state index in [1.807, 2.05) is 38.4 Å². The van der Waals surface area contributed by atoms with Crippen LogP contribution in [0.5, 0.6) is 5.75 Å². The summed E-state index contributed by atoms with van der Waals surface area (Å²) < 4.78 is 43.8. The molecule has 0 aliphatic heterocycles. The molecule has 2 aromatic carbocycles. The number of guanidine groups is 1. The number of nitrogens with zero attached hydrogens (tertiary/aromatic N) is 2. The van der Waals surface area contributed by atoms with Crippen LogP contribution >= 0.6 is 24.0 Å². The van der Waals surface area contributed by atoms with Crippen LogP contribution in [0.3, 0.4) is 0 Å². The molecule has 31 heavy (non-hydrogen) atoms. The first-order valence-corrected chi connectivity index (χ1v) is 9.75. The standard InChI is InChI=1S/C22H29F3N4O.HI/c1-26-21(27-13-12-17-8-10-19(11-9-17)22(23,24)25)28-16-18-6-4-5-7-20(18)30-15-14-29(2)3;/h4-11H,12-16H2,1-3H3,(H2,26,27,28);1H. The zero-order valence-corrected chi connectivity index (χ0v) is 20.3. The topological polar surface area (TPSA) is 48.9 Å². The molecule has 0 heterocycles. The highest BCUT2D eigenvalue weighted by molar-refractivity contribution is 14.0. The van der Waals surface area contributed by atoms with Gasteiger partial charge in [0.15, 0.2) is 5.96 Å². The van der Waals surface area contributed by atoms with E-state index in [9.17, 15) is 13.2 Å². The van der Waals surface area contributed by atoms with Crippen molar-refractivity contribution in [2.24, 2.45) is 4.99 Å². The molecular formula is C22H30F3IN4O. The van der Waals surface area contributed by atoms with E-state index in [0.717, 1.165) is 35.6 Å². The third kappa shape index (κ3) is 9.77. The van der Waals surface area contributed by atoms with Crippen molar-refractivity contribution < 1.29 is 17.9 Å². The lowest BCUT2D eigenvalue weighted by atomic mass is 10.1. The minimum atomic E-state index is -4.31. The van der Waals surface area contributed by atoms with Crippen molar-refractivity contribution >= 4 is 29.9 Å². The summed E-state index contributed by atoms with van der Waals surface area (Å²) >= 11 is 0. The lowest BCUT2D eigenvalue weighted by Gasteiger charge is -2.16. The fourth-order valence-corrected chi connectivity index (χ4v) is 2.71. The monoisotopic (exact) mass is 550 g/mol. The van der Waals surface area contributed by atoms with Crippen LogP contribution in [0.15, 0.2) is 53.5 Å². The molecular weight excluding hydrogens is 520 g/mol. The van der Waals surface area contributed by atoms with E-state index in [1.54, 1.807) is 7.05 Å². The number of para-hydroxylation sites is 1. The summed E-state index contributed by atoms with van der Waals surface area (Å²) in [5, 5.41) is 6.42. The minimum absolute atomic E-state index is 0. The SMILES string of the molecule is CN=C(NCCc1ccc(C(F)(F)F)cc1)NCc1ccccc1OCCN(C)C.I. The Hall–Kier alpha value is -2.01. The summed E-state index contributed by atoms with van der Waals surface area (Å²) in [5.41, 5.74) is 1.20. The second-order valence-corrected chi connectivity index (χ2v) is 7.06. The number of hydrogen-bond acceptors (Lipinski definition) is 3. The molecule has 0 bridgehead atoms. The molecule has 0 atom stereocenters. The van der Waals surface area contributed by atoms with Crippen molar-refractivity contribution in [1.82, 2.24) is 15.5 Å². The van der Waals surface area contributed by atoms with Gasteiger partial charge < -0.3 is 20.3 Å². The molecule has 2 N–H and O–H groups in total. The highest BCUT2D eigenvalue weighted by atomic mass is 127. The van der Waals surface area contributed by atoms with E-state index < -0.39 is 11.7 Å². The van der Waals surface area contributed by atoms with Gasteiger partial charge in [-0.15, -0.1) is 24.0 Å². The Labute approximate surface area is 199 Å². The average Bonchev–Trinajstić information content (AvgIpc) is 2.71. The van der Waals surface area contributed by atoms with Crippen LogP contribution in [0, 0.1) is 0 Å². The molecule has 2 rings (SSSR count). The summed E-state index contributed by atoms with van der Waals surface area (Å²) in [4.78, 5) is 6.25. The van der Waals surface area contributed by atoms with Crippen LogP contribution in [-0.4, -0.2) is 51.7 Å². The second-order valence-electron chi connectivity index (χ2n) is 7.06. The summed E-state index contributed by atoms with van der Waals surface area (Å²) in [6.07, 6.45) is -3.72. The Morgan fingerprint density at radius 1 is 1.03 bits per heavy atom. The molecule has 0 aromatic heterocycles. The number of nitrogens with one attached hydrogen (secondary N) is 2. The summed E-state index contributed by atoms with van der Waals surface area (Å²) in [5.74, 6) is 1.44. The predicted octanol–water partition coefficient (Wildman–Crippen LogP) is 4.17. The summed E-state index contributed by atoms with van der Waals surface area (Å²) in [7, 11) is 5.67. The van der Waals surface area contributed by atoms with E-state index in [2.05, 4.69) is 20.5 Å². The quantitative estimate of drug-likeness (QED) is 0.280. The molecule has 0 spiro atoms. The first-order chi connectivity index (χ1) is 14.3. The first-order valence-electron chi connectivity index (χ1n) is 9.75. The minimum Gasteiger partial charge on any atom is -0.492 e. The van der Waals surface area contributed by atoms with Crippen molar-refractivity contribution in [1.29, 1.82) is 0 Å². The molecule has 0 aliphatic rings. The van der Waals surface area contributed by atoms with Gasteiger partial charge in [0.2, 0.25) is 0 Å². The third-order valence-corrected chi connectivity index (χ3v) is 4.43. The van der Waals surface area contributed by atoms with Gasteiger partial charge in [0, 0.05) is 32.2 Å². The fraction of sp³-hybridized carbons (Fsp3) is 0.409.